The lowest BCUT2D eigenvalue weighted by atomic mass is 10.6. The maximum atomic E-state index is 13.1. The van der Waals surface area contributed by atoms with E-state index in [9.17, 15) is 4.39 Å². The Kier molecular flexibility index (Phi) is 3.44. The average Bonchev–Trinajstić information content (AvgIpc) is 2.08. The van der Waals surface area contributed by atoms with E-state index in [2.05, 4.69) is 15.4 Å². The number of hydrazine groups is 1. The van der Waals surface area contributed by atoms with Gasteiger partial charge in [0.25, 0.3) is 0 Å². The number of nitrogens with one attached hydrogen (secondary N) is 1. The molecule has 1 aromatic rings. The summed E-state index contributed by atoms with van der Waals surface area (Å²) in [6.07, 6.45) is 1.10. The molecule has 13 heavy (non-hydrogen) atoms. The molecule has 1 aromatic heterocycles. The first-order valence-electron chi connectivity index (χ1n) is 3.79. The molecule has 0 radical (unpaired) electrons. The fourth-order valence-corrected chi connectivity index (χ4v) is 1.48. The van der Waals surface area contributed by atoms with E-state index in [4.69, 9.17) is 5.84 Å². The van der Waals surface area contributed by atoms with Crippen molar-refractivity contribution in [2.75, 3.05) is 5.43 Å². The van der Waals surface area contributed by atoms with Crippen molar-refractivity contribution in [3.63, 3.8) is 0 Å². The molecule has 3 N–H and O–H groups in total. The quantitative estimate of drug-likeness (QED) is 0.336. The Morgan fingerprint density at radius 2 is 2.31 bits per heavy atom. The number of rotatable bonds is 3. The molecule has 1 heterocycles. The van der Waals surface area contributed by atoms with E-state index in [-0.39, 0.29) is 11.2 Å². The van der Waals surface area contributed by atoms with Crippen LogP contribution in [0.15, 0.2) is 11.2 Å². The minimum atomic E-state index is -0.419. The fraction of sp³-hybridized carbons (Fsp3) is 0.429. The van der Waals surface area contributed by atoms with Gasteiger partial charge in [0, 0.05) is 5.25 Å². The van der Waals surface area contributed by atoms with Crippen molar-refractivity contribution in [1.29, 1.82) is 0 Å². The van der Waals surface area contributed by atoms with Crippen LogP contribution >= 0.6 is 11.8 Å². The zero-order chi connectivity index (χ0) is 9.84. The van der Waals surface area contributed by atoms with Gasteiger partial charge in [-0.05, 0) is 0 Å². The molecule has 0 saturated heterocycles. The number of nitrogens with zero attached hydrogens (tertiary/aromatic N) is 2. The monoisotopic (exact) mass is 202 g/mol. The number of hydrogen-bond acceptors (Lipinski definition) is 5. The highest BCUT2D eigenvalue weighted by atomic mass is 32.2. The van der Waals surface area contributed by atoms with Crippen LogP contribution in [-0.4, -0.2) is 15.2 Å². The van der Waals surface area contributed by atoms with Crippen LogP contribution in [0, 0.1) is 5.82 Å². The molecule has 0 fully saturated rings. The largest absolute Gasteiger partial charge is 0.292 e. The standard InChI is InChI=1S/C7H11FN4S/c1-4(2)13-6-5(8)3-10-7(11-6)12-9/h3-4H,9H2,1-2H3,(H,10,11,12). The first-order valence-corrected chi connectivity index (χ1v) is 4.67. The number of aromatic nitrogens is 2. The summed E-state index contributed by atoms with van der Waals surface area (Å²) in [7, 11) is 0. The van der Waals surface area contributed by atoms with Crippen LogP contribution in [0.1, 0.15) is 13.8 Å². The highest BCUT2D eigenvalue weighted by molar-refractivity contribution is 7.99. The number of thioether (sulfide) groups is 1. The Morgan fingerprint density at radius 1 is 1.62 bits per heavy atom. The molecule has 0 aromatic carbocycles. The van der Waals surface area contributed by atoms with E-state index in [0.29, 0.717) is 5.03 Å². The summed E-state index contributed by atoms with van der Waals surface area (Å²) < 4.78 is 13.1. The van der Waals surface area contributed by atoms with Crippen molar-refractivity contribution in [3.05, 3.63) is 12.0 Å². The lowest BCUT2D eigenvalue weighted by Crippen LogP contribution is -2.11. The zero-order valence-electron chi connectivity index (χ0n) is 7.41. The molecule has 4 nitrogen and oxygen atoms in total. The predicted molar refractivity (Wildman–Crippen MR) is 50.8 cm³/mol. The second-order valence-corrected chi connectivity index (χ2v) is 4.22. The number of nitrogen functional groups attached to an aromatic ring is 1. The summed E-state index contributed by atoms with van der Waals surface area (Å²) in [5, 5.41) is 0.591. The van der Waals surface area contributed by atoms with Crippen LogP contribution in [0.25, 0.3) is 0 Å². The third kappa shape index (κ3) is 2.82. The second-order valence-electron chi connectivity index (χ2n) is 2.66. The highest BCUT2D eigenvalue weighted by Gasteiger charge is 2.08. The second kappa shape index (κ2) is 4.38. The van der Waals surface area contributed by atoms with Gasteiger partial charge in [0.05, 0.1) is 6.20 Å². The van der Waals surface area contributed by atoms with Crippen molar-refractivity contribution in [2.24, 2.45) is 5.84 Å². The van der Waals surface area contributed by atoms with E-state index < -0.39 is 5.82 Å². The van der Waals surface area contributed by atoms with Gasteiger partial charge in [-0.2, -0.15) is 0 Å². The summed E-state index contributed by atoms with van der Waals surface area (Å²) >= 11 is 1.33. The van der Waals surface area contributed by atoms with Gasteiger partial charge in [0.2, 0.25) is 5.95 Å². The van der Waals surface area contributed by atoms with Gasteiger partial charge in [-0.15, -0.1) is 11.8 Å². The van der Waals surface area contributed by atoms with Gasteiger partial charge >= 0.3 is 0 Å². The molecule has 0 spiro atoms. The lowest BCUT2D eigenvalue weighted by Gasteiger charge is -2.05. The molecule has 0 aliphatic carbocycles. The Hall–Kier alpha value is -0.880. The molecule has 0 atom stereocenters. The van der Waals surface area contributed by atoms with E-state index in [1.807, 2.05) is 13.8 Å². The smallest absolute Gasteiger partial charge is 0.238 e. The van der Waals surface area contributed by atoms with Crippen LogP contribution in [0.3, 0.4) is 0 Å². The van der Waals surface area contributed by atoms with Gasteiger partial charge in [0.1, 0.15) is 5.03 Å². The van der Waals surface area contributed by atoms with E-state index in [0.717, 1.165) is 6.20 Å². The van der Waals surface area contributed by atoms with Gasteiger partial charge in [-0.1, -0.05) is 13.8 Å². The molecule has 0 amide bonds. The molecule has 0 unspecified atom stereocenters. The maximum absolute atomic E-state index is 13.1. The number of hydrogen-bond donors (Lipinski definition) is 2. The van der Waals surface area contributed by atoms with Gasteiger partial charge in [0.15, 0.2) is 5.82 Å². The first-order chi connectivity index (χ1) is 6.13. The van der Waals surface area contributed by atoms with Crippen molar-refractivity contribution >= 4 is 17.7 Å². The molecule has 6 heteroatoms. The van der Waals surface area contributed by atoms with Gasteiger partial charge in [-0.3, -0.25) is 5.43 Å². The van der Waals surface area contributed by atoms with Crippen LogP contribution in [0.5, 0.6) is 0 Å². The molecule has 0 aliphatic heterocycles. The van der Waals surface area contributed by atoms with E-state index >= 15 is 0 Å². The van der Waals surface area contributed by atoms with Crippen LogP contribution < -0.4 is 11.3 Å². The van der Waals surface area contributed by atoms with Crippen LogP contribution in [0.2, 0.25) is 0 Å². The summed E-state index contributed by atoms with van der Waals surface area (Å²) in [5.74, 6) is 4.90. The van der Waals surface area contributed by atoms with Crippen molar-refractivity contribution < 1.29 is 4.39 Å². The Balaban J connectivity index is 2.90. The summed E-state index contributed by atoms with van der Waals surface area (Å²) in [6.45, 7) is 3.92. The molecule has 72 valence electrons. The fourth-order valence-electron chi connectivity index (χ4n) is 0.727. The number of nitrogens with two attached hydrogens (primary N) is 1. The van der Waals surface area contributed by atoms with E-state index in [1.165, 1.54) is 11.8 Å². The predicted octanol–water partition coefficient (Wildman–Crippen LogP) is 1.40. The summed E-state index contributed by atoms with van der Waals surface area (Å²) in [5.41, 5.74) is 2.27. The Labute approximate surface area is 80.1 Å². The highest BCUT2D eigenvalue weighted by Crippen LogP contribution is 2.23. The van der Waals surface area contributed by atoms with Gasteiger partial charge < -0.3 is 0 Å². The maximum Gasteiger partial charge on any atom is 0.238 e. The summed E-state index contributed by atoms with van der Waals surface area (Å²) in [6, 6.07) is 0. The number of anilines is 1. The Morgan fingerprint density at radius 3 is 2.85 bits per heavy atom. The average molecular weight is 202 g/mol. The molecular weight excluding hydrogens is 191 g/mol. The minimum absolute atomic E-state index is 0.226. The topological polar surface area (TPSA) is 63.8 Å². The third-order valence-corrected chi connectivity index (χ3v) is 2.17. The van der Waals surface area contributed by atoms with E-state index in [1.54, 1.807) is 0 Å². The normalized spacial score (nSPS) is 10.5. The SMILES string of the molecule is CC(C)Sc1nc(NN)ncc1F. The van der Waals surface area contributed by atoms with Crippen molar-refractivity contribution in [1.82, 2.24) is 9.97 Å². The minimum Gasteiger partial charge on any atom is -0.292 e. The molecule has 0 saturated carbocycles. The van der Waals surface area contributed by atoms with Crippen LogP contribution in [-0.2, 0) is 0 Å². The van der Waals surface area contributed by atoms with Crippen molar-refractivity contribution in [2.45, 2.75) is 24.1 Å². The molecule has 1 rings (SSSR count). The van der Waals surface area contributed by atoms with Crippen LogP contribution in [0.4, 0.5) is 10.3 Å². The molecule has 0 bridgehead atoms. The molecular formula is C7H11FN4S. The van der Waals surface area contributed by atoms with Crippen molar-refractivity contribution in [3.8, 4) is 0 Å². The lowest BCUT2D eigenvalue weighted by molar-refractivity contribution is 0.579. The van der Waals surface area contributed by atoms with Gasteiger partial charge in [-0.25, -0.2) is 20.2 Å². The summed E-state index contributed by atoms with van der Waals surface area (Å²) in [4.78, 5) is 7.50. The number of halogens is 1. The third-order valence-electron chi connectivity index (χ3n) is 1.19. The zero-order valence-corrected chi connectivity index (χ0v) is 8.23. The first kappa shape index (κ1) is 10.2. The molecule has 0 aliphatic rings. The Bertz CT molecular complexity index is 292.